The number of phenolic OH excluding ortho intramolecular Hbond substituents is 1. The molecule has 0 atom stereocenters. The van der Waals surface area contributed by atoms with Crippen molar-refractivity contribution in [2.75, 3.05) is 12.4 Å². The van der Waals surface area contributed by atoms with Crippen molar-refractivity contribution in [2.45, 2.75) is 13.5 Å². The summed E-state index contributed by atoms with van der Waals surface area (Å²) in [7, 11) is 1.68. The number of urea groups is 1. The molecule has 0 aliphatic heterocycles. The molecule has 5 heteroatoms. The van der Waals surface area contributed by atoms with Gasteiger partial charge in [0.1, 0.15) is 17.2 Å². The number of aryl methyl sites for hydroxylation is 1. The minimum atomic E-state index is -0.259. The van der Waals surface area contributed by atoms with Crippen LogP contribution < -0.4 is 10.1 Å². The zero-order valence-corrected chi connectivity index (χ0v) is 15.3. The van der Waals surface area contributed by atoms with Gasteiger partial charge in [-0.05, 0) is 49.4 Å². The Hall–Kier alpha value is -3.47. The summed E-state index contributed by atoms with van der Waals surface area (Å²) in [6, 6.07) is 21.7. The minimum absolute atomic E-state index is 0.176. The number of carbonyl (C=O) groups excluding carboxylic acids is 1. The van der Waals surface area contributed by atoms with Gasteiger partial charge in [0, 0.05) is 18.3 Å². The van der Waals surface area contributed by atoms with E-state index in [1.807, 2.05) is 37.3 Å². The van der Waals surface area contributed by atoms with Crippen molar-refractivity contribution in [1.82, 2.24) is 4.90 Å². The summed E-state index contributed by atoms with van der Waals surface area (Å²) in [4.78, 5) is 13.8. The van der Waals surface area contributed by atoms with Crippen molar-refractivity contribution >= 4 is 11.7 Å². The van der Waals surface area contributed by atoms with Crippen LogP contribution >= 0.6 is 0 Å². The van der Waals surface area contributed by atoms with E-state index in [1.165, 1.54) is 10.5 Å². The molecule has 138 valence electrons. The monoisotopic (exact) mass is 362 g/mol. The highest BCUT2D eigenvalue weighted by Gasteiger charge is 2.11. The van der Waals surface area contributed by atoms with Crippen LogP contribution in [-0.2, 0) is 6.54 Å². The summed E-state index contributed by atoms with van der Waals surface area (Å²) >= 11 is 0. The van der Waals surface area contributed by atoms with Gasteiger partial charge < -0.3 is 20.1 Å². The Kier molecular flexibility index (Phi) is 5.61. The number of hydrogen-bond acceptors (Lipinski definition) is 3. The van der Waals surface area contributed by atoms with Crippen molar-refractivity contribution in [3.8, 4) is 17.2 Å². The van der Waals surface area contributed by atoms with Crippen LogP contribution in [0.15, 0.2) is 72.8 Å². The first-order valence-electron chi connectivity index (χ1n) is 8.65. The molecule has 0 spiro atoms. The first kappa shape index (κ1) is 18.3. The summed E-state index contributed by atoms with van der Waals surface area (Å²) in [6.07, 6.45) is 0. The van der Waals surface area contributed by atoms with Crippen LogP contribution in [0.3, 0.4) is 0 Å². The second-order valence-electron chi connectivity index (χ2n) is 6.35. The van der Waals surface area contributed by atoms with E-state index in [0.717, 1.165) is 5.75 Å². The van der Waals surface area contributed by atoms with E-state index in [-0.39, 0.29) is 11.8 Å². The number of nitrogens with one attached hydrogen (secondary N) is 1. The third-order valence-electron chi connectivity index (χ3n) is 4.11. The van der Waals surface area contributed by atoms with Crippen LogP contribution in [0.25, 0.3) is 0 Å². The number of amides is 2. The minimum Gasteiger partial charge on any atom is -0.508 e. The van der Waals surface area contributed by atoms with Gasteiger partial charge in [0.25, 0.3) is 0 Å². The fourth-order valence-electron chi connectivity index (χ4n) is 2.54. The van der Waals surface area contributed by atoms with Gasteiger partial charge in [0.2, 0.25) is 0 Å². The van der Waals surface area contributed by atoms with Gasteiger partial charge in [-0.25, -0.2) is 4.79 Å². The molecule has 0 heterocycles. The number of anilines is 1. The van der Waals surface area contributed by atoms with Crippen LogP contribution in [0.5, 0.6) is 17.2 Å². The van der Waals surface area contributed by atoms with Crippen molar-refractivity contribution < 1.29 is 14.6 Å². The highest BCUT2D eigenvalue weighted by Crippen LogP contribution is 2.23. The highest BCUT2D eigenvalue weighted by molar-refractivity contribution is 5.89. The molecule has 0 unspecified atom stereocenters. The second kappa shape index (κ2) is 8.27. The predicted octanol–water partition coefficient (Wildman–Crippen LogP) is 5.16. The molecule has 0 bridgehead atoms. The maximum absolute atomic E-state index is 12.3. The first-order chi connectivity index (χ1) is 13.0. The van der Waals surface area contributed by atoms with E-state index in [2.05, 4.69) is 5.32 Å². The van der Waals surface area contributed by atoms with Crippen molar-refractivity contribution in [2.24, 2.45) is 0 Å². The molecule has 27 heavy (non-hydrogen) atoms. The second-order valence-corrected chi connectivity index (χ2v) is 6.35. The van der Waals surface area contributed by atoms with Gasteiger partial charge in [0.05, 0.1) is 6.54 Å². The Balaban J connectivity index is 1.58. The lowest BCUT2D eigenvalue weighted by Crippen LogP contribution is -2.30. The number of para-hydroxylation sites is 1. The highest BCUT2D eigenvalue weighted by atomic mass is 16.5. The summed E-state index contributed by atoms with van der Waals surface area (Å²) in [5.41, 5.74) is 2.53. The molecule has 0 fully saturated rings. The van der Waals surface area contributed by atoms with Crippen LogP contribution in [0, 0.1) is 6.92 Å². The van der Waals surface area contributed by atoms with E-state index >= 15 is 0 Å². The average molecular weight is 362 g/mol. The van der Waals surface area contributed by atoms with Crippen LogP contribution in [0.4, 0.5) is 10.5 Å². The summed E-state index contributed by atoms with van der Waals surface area (Å²) < 4.78 is 5.78. The summed E-state index contributed by atoms with van der Waals surface area (Å²) in [5, 5.41) is 12.7. The maximum atomic E-state index is 12.3. The molecule has 3 rings (SSSR count). The Labute approximate surface area is 158 Å². The molecule has 0 aromatic heterocycles. The van der Waals surface area contributed by atoms with Crippen LogP contribution in [0.1, 0.15) is 11.1 Å². The number of rotatable bonds is 5. The number of aromatic hydroxyl groups is 1. The first-order valence-corrected chi connectivity index (χ1v) is 8.65. The van der Waals surface area contributed by atoms with E-state index in [9.17, 15) is 9.90 Å². The molecule has 3 aromatic rings. The molecule has 0 aliphatic rings. The van der Waals surface area contributed by atoms with Crippen molar-refractivity contribution in [1.29, 1.82) is 0 Å². The van der Waals surface area contributed by atoms with Crippen LogP contribution in [0.2, 0.25) is 0 Å². The molecule has 2 N–H and O–H groups in total. The number of phenols is 1. The van der Waals surface area contributed by atoms with E-state index in [4.69, 9.17) is 4.74 Å². The van der Waals surface area contributed by atoms with E-state index in [1.54, 1.807) is 49.5 Å². The third-order valence-corrected chi connectivity index (χ3v) is 4.11. The molecular weight excluding hydrogens is 340 g/mol. The Bertz CT molecular complexity index is 906. The molecule has 0 radical (unpaired) electrons. The molecule has 5 nitrogen and oxygen atoms in total. The SMILES string of the molecule is Cc1ccc(Oc2ccc(NC(=O)N(C)Cc3ccccc3O)cc2)cc1. The van der Waals surface area contributed by atoms with E-state index < -0.39 is 0 Å². The van der Waals surface area contributed by atoms with Gasteiger partial charge in [-0.1, -0.05) is 35.9 Å². The third kappa shape index (κ3) is 5.01. The Morgan fingerprint density at radius 2 is 1.56 bits per heavy atom. The topological polar surface area (TPSA) is 61.8 Å². The smallest absolute Gasteiger partial charge is 0.321 e. The maximum Gasteiger partial charge on any atom is 0.321 e. The quantitative estimate of drug-likeness (QED) is 0.659. The summed E-state index contributed by atoms with van der Waals surface area (Å²) in [6.45, 7) is 2.34. The van der Waals surface area contributed by atoms with Gasteiger partial charge in [-0.15, -0.1) is 0 Å². The number of ether oxygens (including phenoxy) is 1. The summed E-state index contributed by atoms with van der Waals surface area (Å²) in [5.74, 6) is 1.63. The van der Waals surface area contributed by atoms with Gasteiger partial charge >= 0.3 is 6.03 Å². The van der Waals surface area contributed by atoms with Gasteiger partial charge in [-0.2, -0.15) is 0 Å². The zero-order valence-electron chi connectivity index (χ0n) is 15.3. The van der Waals surface area contributed by atoms with Crippen LogP contribution in [-0.4, -0.2) is 23.1 Å². The lowest BCUT2D eigenvalue weighted by Gasteiger charge is -2.18. The largest absolute Gasteiger partial charge is 0.508 e. The molecule has 0 aliphatic carbocycles. The molecule has 0 saturated carbocycles. The van der Waals surface area contributed by atoms with Gasteiger partial charge in [0.15, 0.2) is 0 Å². The standard InChI is InChI=1S/C22H22N2O3/c1-16-7-11-19(12-8-16)27-20-13-9-18(10-14-20)23-22(26)24(2)15-17-5-3-4-6-21(17)25/h3-14,25H,15H2,1-2H3,(H,23,26). The number of nitrogens with zero attached hydrogens (tertiary/aromatic N) is 1. The number of benzene rings is 3. The fraction of sp³-hybridized carbons (Fsp3) is 0.136. The lowest BCUT2D eigenvalue weighted by atomic mass is 10.2. The fourth-order valence-corrected chi connectivity index (χ4v) is 2.54. The number of hydrogen-bond donors (Lipinski definition) is 2. The average Bonchev–Trinajstić information content (AvgIpc) is 2.67. The molecule has 3 aromatic carbocycles. The van der Waals surface area contributed by atoms with Gasteiger partial charge in [-0.3, -0.25) is 0 Å². The lowest BCUT2D eigenvalue weighted by molar-refractivity contribution is 0.220. The zero-order chi connectivity index (χ0) is 19.2. The van der Waals surface area contributed by atoms with Crippen molar-refractivity contribution in [3.05, 3.63) is 83.9 Å². The number of carbonyl (C=O) groups is 1. The Morgan fingerprint density at radius 3 is 2.19 bits per heavy atom. The molecule has 2 amide bonds. The normalized spacial score (nSPS) is 10.3. The van der Waals surface area contributed by atoms with E-state index in [0.29, 0.717) is 23.5 Å². The van der Waals surface area contributed by atoms with Crippen molar-refractivity contribution in [3.63, 3.8) is 0 Å². The molecular formula is C22H22N2O3. The molecule has 0 saturated heterocycles. The predicted molar refractivity (Wildman–Crippen MR) is 106 cm³/mol. The Morgan fingerprint density at radius 1 is 0.963 bits per heavy atom.